The molecule has 0 atom stereocenters. The van der Waals surface area contributed by atoms with E-state index in [1.165, 1.54) is 0 Å². The van der Waals surface area contributed by atoms with Gasteiger partial charge < -0.3 is 0 Å². The molecule has 19 heavy (non-hydrogen) atoms. The van der Waals surface area contributed by atoms with Crippen molar-refractivity contribution in [3.8, 4) is 11.4 Å². The van der Waals surface area contributed by atoms with Crippen LogP contribution in [-0.2, 0) is 5.41 Å². The molecule has 1 aromatic carbocycles. The van der Waals surface area contributed by atoms with Crippen molar-refractivity contribution in [2.75, 3.05) is 0 Å². The van der Waals surface area contributed by atoms with Gasteiger partial charge in [-0.2, -0.15) is 0 Å². The average Bonchev–Trinajstić information content (AvgIpc) is 2.26. The van der Waals surface area contributed by atoms with Gasteiger partial charge in [-0.15, -0.1) is 0 Å². The number of hydrogen-bond donors (Lipinski definition) is 0. The zero-order valence-electron chi connectivity index (χ0n) is 10.8. The molecule has 0 saturated heterocycles. The molecule has 0 spiro atoms. The van der Waals surface area contributed by atoms with Crippen molar-refractivity contribution >= 4 is 39.1 Å². The van der Waals surface area contributed by atoms with E-state index in [1.807, 2.05) is 18.2 Å². The topological polar surface area (TPSA) is 25.8 Å². The SMILES string of the molecule is CC(C)(C)c1cc(Cl)nc(-c2ccc(Br)cc2Cl)n1. The predicted molar refractivity (Wildman–Crippen MR) is 83.9 cm³/mol. The van der Waals surface area contributed by atoms with Gasteiger partial charge in [0.2, 0.25) is 0 Å². The molecule has 0 bridgehead atoms. The minimum atomic E-state index is -0.0941. The number of hydrogen-bond acceptors (Lipinski definition) is 2. The van der Waals surface area contributed by atoms with Gasteiger partial charge >= 0.3 is 0 Å². The van der Waals surface area contributed by atoms with Gasteiger partial charge in [-0.3, -0.25) is 0 Å². The molecular weight excluding hydrogens is 347 g/mol. The predicted octanol–water partition coefficient (Wildman–Crippen LogP) is 5.51. The Morgan fingerprint density at radius 1 is 1.05 bits per heavy atom. The van der Waals surface area contributed by atoms with Gasteiger partial charge in [-0.1, -0.05) is 59.9 Å². The van der Waals surface area contributed by atoms with E-state index < -0.39 is 0 Å². The Bertz CT molecular complexity index is 621. The van der Waals surface area contributed by atoms with Crippen LogP contribution in [0.5, 0.6) is 0 Å². The third-order valence-corrected chi connectivity index (χ3v) is 3.63. The third kappa shape index (κ3) is 3.47. The van der Waals surface area contributed by atoms with Gasteiger partial charge in [0.25, 0.3) is 0 Å². The molecule has 0 saturated carbocycles. The summed E-state index contributed by atoms with van der Waals surface area (Å²) in [6.07, 6.45) is 0. The van der Waals surface area contributed by atoms with E-state index in [9.17, 15) is 0 Å². The van der Waals surface area contributed by atoms with Crippen LogP contribution in [0.2, 0.25) is 10.2 Å². The van der Waals surface area contributed by atoms with E-state index in [4.69, 9.17) is 23.2 Å². The molecule has 0 aliphatic carbocycles. The van der Waals surface area contributed by atoms with Crippen LogP contribution in [-0.4, -0.2) is 9.97 Å². The fraction of sp³-hybridized carbons (Fsp3) is 0.286. The average molecular weight is 360 g/mol. The summed E-state index contributed by atoms with van der Waals surface area (Å²) < 4.78 is 0.916. The van der Waals surface area contributed by atoms with Crippen LogP contribution in [0.1, 0.15) is 26.5 Å². The van der Waals surface area contributed by atoms with E-state index in [0.717, 1.165) is 15.7 Å². The summed E-state index contributed by atoms with van der Waals surface area (Å²) in [5, 5.41) is 1.02. The van der Waals surface area contributed by atoms with Gasteiger partial charge in [0, 0.05) is 15.5 Å². The van der Waals surface area contributed by atoms with Crippen LogP contribution >= 0.6 is 39.1 Å². The van der Waals surface area contributed by atoms with Crippen LogP contribution in [0.4, 0.5) is 0 Å². The van der Waals surface area contributed by atoms with E-state index in [1.54, 1.807) is 6.07 Å². The lowest BCUT2D eigenvalue weighted by Gasteiger charge is -2.18. The highest BCUT2D eigenvalue weighted by molar-refractivity contribution is 9.10. The number of aromatic nitrogens is 2. The Labute approximate surface area is 131 Å². The molecule has 0 fully saturated rings. The Balaban J connectivity index is 2.59. The molecule has 0 radical (unpaired) electrons. The van der Waals surface area contributed by atoms with Gasteiger partial charge in [0.15, 0.2) is 5.82 Å². The molecule has 100 valence electrons. The first-order chi connectivity index (χ1) is 8.77. The fourth-order valence-corrected chi connectivity index (χ4v) is 2.53. The molecule has 0 amide bonds. The summed E-state index contributed by atoms with van der Waals surface area (Å²) in [7, 11) is 0. The first kappa shape index (κ1) is 14.8. The standard InChI is InChI=1S/C14H13BrCl2N2/c1-14(2,3)11-7-12(17)19-13(18-11)9-5-4-8(15)6-10(9)16/h4-7H,1-3H3. The van der Waals surface area contributed by atoms with Crippen molar-refractivity contribution < 1.29 is 0 Å². The minimum Gasteiger partial charge on any atom is -0.232 e. The highest BCUT2D eigenvalue weighted by atomic mass is 79.9. The largest absolute Gasteiger partial charge is 0.232 e. The lowest BCUT2D eigenvalue weighted by atomic mass is 9.92. The molecule has 1 heterocycles. The highest BCUT2D eigenvalue weighted by Crippen LogP contribution is 2.31. The zero-order valence-corrected chi connectivity index (χ0v) is 13.9. The quantitative estimate of drug-likeness (QED) is 0.627. The second-order valence-electron chi connectivity index (χ2n) is 5.27. The second kappa shape index (κ2) is 5.39. The number of rotatable bonds is 1. The Morgan fingerprint density at radius 2 is 1.74 bits per heavy atom. The van der Waals surface area contributed by atoms with Crippen molar-refractivity contribution in [2.24, 2.45) is 0 Å². The van der Waals surface area contributed by atoms with Gasteiger partial charge in [-0.25, -0.2) is 9.97 Å². The minimum absolute atomic E-state index is 0.0941. The monoisotopic (exact) mass is 358 g/mol. The van der Waals surface area contributed by atoms with Crippen molar-refractivity contribution in [2.45, 2.75) is 26.2 Å². The molecule has 0 unspecified atom stereocenters. The smallest absolute Gasteiger partial charge is 0.162 e. The first-order valence-electron chi connectivity index (χ1n) is 5.78. The van der Waals surface area contributed by atoms with Crippen molar-refractivity contribution in [3.63, 3.8) is 0 Å². The number of benzene rings is 1. The molecule has 0 aliphatic heterocycles. The van der Waals surface area contributed by atoms with Crippen LogP contribution in [0.25, 0.3) is 11.4 Å². The normalized spacial score (nSPS) is 11.7. The molecule has 2 rings (SSSR count). The molecule has 5 heteroatoms. The van der Waals surface area contributed by atoms with E-state index >= 15 is 0 Å². The van der Waals surface area contributed by atoms with Gasteiger partial charge in [0.1, 0.15) is 5.15 Å². The van der Waals surface area contributed by atoms with Crippen molar-refractivity contribution in [1.82, 2.24) is 9.97 Å². The number of halogens is 3. The first-order valence-corrected chi connectivity index (χ1v) is 7.33. The van der Waals surface area contributed by atoms with Crippen molar-refractivity contribution in [3.05, 3.63) is 44.6 Å². The molecule has 2 nitrogen and oxygen atoms in total. The summed E-state index contributed by atoms with van der Waals surface area (Å²) in [5.41, 5.74) is 1.57. The lowest BCUT2D eigenvalue weighted by Crippen LogP contribution is -2.14. The molecule has 2 aromatic rings. The summed E-state index contributed by atoms with van der Waals surface area (Å²) in [4.78, 5) is 8.83. The second-order valence-corrected chi connectivity index (χ2v) is 6.98. The zero-order chi connectivity index (χ0) is 14.2. The summed E-state index contributed by atoms with van der Waals surface area (Å²) >= 11 is 15.7. The Morgan fingerprint density at radius 3 is 2.32 bits per heavy atom. The maximum atomic E-state index is 6.23. The van der Waals surface area contributed by atoms with E-state index in [0.29, 0.717) is 16.0 Å². The van der Waals surface area contributed by atoms with Crippen molar-refractivity contribution in [1.29, 1.82) is 0 Å². The summed E-state index contributed by atoms with van der Waals surface area (Å²) in [6, 6.07) is 7.39. The van der Waals surface area contributed by atoms with E-state index in [-0.39, 0.29) is 5.41 Å². The maximum Gasteiger partial charge on any atom is 0.162 e. The highest BCUT2D eigenvalue weighted by Gasteiger charge is 2.19. The Hall–Kier alpha value is -0.640. The van der Waals surface area contributed by atoms with Crippen LogP contribution < -0.4 is 0 Å². The number of nitrogens with zero attached hydrogens (tertiary/aromatic N) is 2. The lowest BCUT2D eigenvalue weighted by molar-refractivity contribution is 0.568. The van der Waals surface area contributed by atoms with Crippen LogP contribution in [0.15, 0.2) is 28.7 Å². The molecular formula is C14H13BrCl2N2. The third-order valence-electron chi connectivity index (χ3n) is 2.64. The molecule has 0 N–H and O–H groups in total. The molecule has 1 aromatic heterocycles. The van der Waals surface area contributed by atoms with Gasteiger partial charge in [-0.05, 0) is 24.3 Å². The summed E-state index contributed by atoms with van der Waals surface area (Å²) in [5.74, 6) is 0.551. The van der Waals surface area contributed by atoms with Crippen LogP contribution in [0.3, 0.4) is 0 Å². The summed E-state index contributed by atoms with van der Waals surface area (Å²) in [6.45, 7) is 6.25. The fourth-order valence-electron chi connectivity index (χ4n) is 1.59. The van der Waals surface area contributed by atoms with E-state index in [2.05, 4.69) is 46.7 Å². The Kier molecular flexibility index (Phi) is 4.19. The van der Waals surface area contributed by atoms with Crippen LogP contribution in [0, 0.1) is 0 Å². The molecule has 0 aliphatic rings. The maximum absolute atomic E-state index is 6.23. The van der Waals surface area contributed by atoms with Gasteiger partial charge in [0.05, 0.1) is 10.7 Å².